The van der Waals surface area contributed by atoms with Crippen molar-refractivity contribution < 1.29 is 9.84 Å². The first-order valence-corrected chi connectivity index (χ1v) is 8.59. The third-order valence-electron chi connectivity index (χ3n) is 4.91. The van der Waals surface area contributed by atoms with Gasteiger partial charge in [0.25, 0.3) is 0 Å². The molecule has 0 heterocycles. The van der Waals surface area contributed by atoms with E-state index in [2.05, 4.69) is 43.9 Å². The van der Waals surface area contributed by atoms with Gasteiger partial charge in [-0.1, -0.05) is 39.0 Å². The molecule has 0 saturated carbocycles. The Bertz CT molecular complexity index is 637. The topological polar surface area (TPSA) is 32.7 Å². The number of nitrogens with zero attached hydrogens (tertiary/aromatic N) is 1. The fourth-order valence-electron chi connectivity index (χ4n) is 3.05. The number of fused-ring (bicyclic) bond motifs is 1. The summed E-state index contributed by atoms with van der Waals surface area (Å²) in [6.07, 6.45) is 1.47. The molecule has 2 aromatic rings. The predicted octanol–water partition coefficient (Wildman–Crippen LogP) is 4.18. The fourth-order valence-corrected chi connectivity index (χ4v) is 3.05. The van der Waals surface area contributed by atoms with Gasteiger partial charge in [0, 0.05) is 6.54 Å². The highest BCUT2D eigenvalue weighted by Crippen LogP contribution is 2.32. The van der Waals surface area contributed by atoms with Crippen LogP contribution < -0.4 is 4.74 Å². The summed E-state index contributed by atoms with van der Waals surface area (Å²) < 4.78 is 5.28. The number of aliphatic hydroxyl groups is 1. The average Bonchev–Trinajstić information content (AvgIpc) is 2.61. The van der Waals surface area contributed by atoms with Gasteiger partial charge >= 0.3 is 0 Å². The van der Waals surface area contributed by atoms with Crippen LogP contribution >= 0.6 is 0 Å². The van der Waals surface area contributed by atoms with E-state index in [9.17, 15) is 5.11 Å². The van der Waals surface area contributed by atoms with E-state index in [-0.39, 0.29) is 0 Å². The normalized spacial score (nSPS) is 14.2. The molecule has 0 aliphatic heterocycles. The Morgan fingerprint density at radius 3 is 2.26 bits per heavy atom. The van der Waals surface area contributed by atoms with Gasteiger partial charge in [0.15, 0.2) is 0 Å². The minimum Gasteiger partial charge on any atom is -0.497 e. The maximum atomic E-state index is 11.1. The lowest BCUT2D eigenvalue weighted by Gasteiger charge is -2.30. The van der Waals surface area contributed by atoms with Crippen LogP contribution in [0.5, 0.6) is 5.75 Å². The molecule has 0 bridgehead atoms. The Hall–Kier alpha value is -1.58. The molecule has 0 amide bonds. The second-order valence-electron chi connectivity index (χ2n) is 6.09. The molecular formula is C20H29NO2. The van der Waals surface area contributed by atoms with Crippen molar-refractivity contribution >= 4 is 10.8 Å². The van der Waals surface area contributed by atoms with Crippen LogP contribution in [0.4, 0.5) is 0 Å². The molecule has 1 N–H and O–H groups in total. The Morgan fingerprint density at radius 2 is 1.65 bits per heavy atom. The van der Waals surface area contributed by atoms with E-state index in [1.807, 2.05) is 18.2 Å². The monoisotopic (exact) mass is 315 g/mol. The highest BCUT2D eigenvalue weighted by Gasteiger charge is 2.27. The van der Waals surface area contributed by atoms with Crippen LogP contribution in [0.2, 0.25) is 0 Å². The molecule has 3 heteroatoms. The maximum absolute atomic E-state index is 11.1. The van der Waals surface area contributed by atoms with Crippen molar-refractivity contribution in [2.75, 3.05) is 26.7 Å². The van der Waals surface area contributed by atoms with Crippen LogP contribution in [-0.4, -0.2) is 36.8 Å². The molecule has 0 aliphatic rings. The smallest absolute Gasteiger partial charge is 0.119 e. The summed E-state index contributed by atoms with van der Waals surface area (Å²) in [5, 5.41) is 13.4. The van der Waals surface area contributed by atoms with Crippen molar-refractivity contribution in [2.24, 2.45) is 0 Å². The zero-order valence-electron chi connectivity index (χ0n) is 14.8. The predicted molar refractivity (Wildman–Crippen MR) is 97.1 cm³/mol. The lowest BCUT2D eigenvalue weighted by Crippen LogP contribution is -2.33. The van der Waals surface area contributed by atoms with Crippen molar-refractivity contribution in [1.29, 1.82) is 0 Å². The number of ether oxygens (including phenoxy) is 1. The van der Waals surface area contributed by atoms with Crippen LogP contribution in [0.3, 0.4) is 0 Å². The van der Waals surface area contributed by atoms with Gasteiger partial charge in [0.2, 0.25) is 0 Å². The van der Waals surface area contributed by atoms with E-state index in [1.54, 1.807) is 7.11 Å². The minimum atomic E-state index is -0.767. The van der Waals surface area contributed by atoms with Crippen molar-refractivity contribution in [3.63, 3.8) is 0 Å². The summed E-state index contributed by atoms with van der Waals surface area (Å²) in [5.41, 5.74) is 0.237. The summed E-state index contributed by atoms with van der Waals surface area (Å²) in [7, 11) is 1.68. The summed E-state index contributed by atoms with van der Waals surface area (Å²) in [6, 6.07) is 12.3. The Balaban J connectivity index is 2.27. The highest BCUT2D eigenvalue weighted by molar-refractivity contribution is 5.84. The van der Waals surface area contributed by atoms with Gasteiger partial charge in [0.1, 0.15) is 5.75 Å². The van der Waals surface area contributed by atoms with Gasteiger partial charge in [-0.05, 0) is 60.5 Å². The van der Waals surface area contributed by atoms with Crippen LogP contribution in [0, 0.1) is 0 Å². The van der Waals surface area contributed by atoms with E-state index < -0.39 is 5.60 Å². The first-order chi connectivity index (χ1) is 11.1. The van der Waals surface area contributed by atoms with Crippen LogP contribution in [0.1, 0.15) is 39.2 Å². The molecular weight excluding hydrogens is 286 g/mol. The van der Waals surface area contributed by atoms with Crippen molar-refractivity contribution in [3.8, 4) is 5.75 Å². The van der Waals surface area contributed by atoms with E-state index in [0.717, 1.165) is 54.6 Å². The molecule has 2 aromatic carbocycles. The zero-order chi connectivity index (χ0) is 16.9. The van der Waals surface area contributed by atoms with Crippen molar-refractivity contribution in [1.82, 2.24) is 4.90 Å². The molecule has 1 atom stereocenters. The van der Waals surface area contributed by atoms with Gasteiger partial charge < -0.3 is 14.7 Å². The lowest BCUT2D eigenvalue weighted by atomic mass is 9.86. The molecule has 23 heavy (non-hydrogen) atoms. The molecule has 3 nitrogen and oxygen atoms in total. The van der Waals surface area contributed by atoms with E-state index in [1.165, 1.54) is 0 Å². The molecule has 0 spiro atoms. The largest absolute Gasteiger partial charge is 0.497 e. The number of hydrogen-bond acceptors (Lipinski definition) is 3. The lowest BCUT2D eigenvalue weighted by molar-refractivity contribution is 0.0142. The van der Waals surface area contributed by atoms with Crippen LogP contribution in [0.15, 0.2) is 36.4 Å². The van der Waals surface area contributed by atoms with E-state index >= 15 is 0 Å². The number of methoxy groups -OCH3 is 1. The molecule has 0 aliphatic carbocycles. The van der Waals surface area contributed by atoms with Crippen molar-refractivity contribution in [3.05, 3.63) is 42.0 Å². The summed E-state index contributed by atoms with van der Waals surface area (Å²) in [6.45, 7) is 9.34. The molecule has 0 fully saturated rings. The first kappa shape index (κ1) is 17.8. The van der Waals surface area contributed by atoms with E-state index in [0.29, 0.717) is 0 Å². The quantitative estimate of drug-likeness (QED) is 0.793. The van der Waals surface area contributed by atoms with Crippen LogP contribution in [0.25, 0.3) is 10.8 Å². The Kier molecular flexibility index (Phi) is 6.03. The summed E-state index contributed by atoms with van der Waals surface area (Å²) >= 11 is 0. The average molecular weight is 315 g/mol. The highest BCUT2D eigenvalue weighted by atomic mass is 16.5. The first-order valence-electron chi connectivity index (χ1n) is 8.59. The molecule has 2 rings (SSSR count). The number of benzene rings is 2. The third-order valence-corrected chi connectivity index (χ3v) is 4.91. The standard InChI is InChI=1S/C20H29NO2/c1-5-20(22,12-13-21(6-2)7-3)18-10-8-17-15-19(23-4)11-9-16(17)14-18/h8-11,14-15,22H,5-7,12-13H2,1-4H3. The molecule has 0 radical (unpaired) electrons. The molecule has 1 unspecified atom stereocenters. The summed E-state index contributed by atoms with van der Waals surface area (Å²) in [5.74, 6) is 0.859. The van der Waals surface area contributed by atoms with Crippen molar-refractivity contribution in [2.45, 2.75) is 39.2 Å². The Morgan fingerprint density at radius 1 is 1.00 bits per heavy atom. The minimum absolute atomic E-state index is 0.718. The SMILES string of the molecule is CCN(CC)CCC(O)(CC)c1ccc2cc(OC)ccc2c1. The fraction of sp³-hybridized carbons (Fsp3) is 0.500. The second kappa shape index (κ2) is 7.80. The van der Waals surface area contributed by atoms with Gasteiger partial charge in [-0.3, -0.25) is 0 Å². The number of rotatable bonds is 8. The Labute approximate surface area is 139 Å². The van der Waals surface area contributed by atoms with Gasteiger partial charge in [0.05, 0.1) is 12.7 Å². The number of hydrogen-bond donors (Lipinski definition) is 1. The maximum Gasteiger partial charge on any atom is 0.119 e. The van der Waals surface area contributed by atoms with E-state index in [4.69, 9.17) is 4.74 Å². The molecule has 0 saturated heterocycles. The van der Waals surface area contributed by atoms with Gasteiger partial charge in [-0.2, -0.15) is 0 Å². The van der Waals surface area contributed by atoms with Crippen LogP contribution in [-0.2, 0) is 5.60 Å². The molecule has 0 aromatic heterocycles. The second-order valence-corrected chi connectivity index (χ2v) is 6.09. The van der Waals surface area contributed by atoms with Gasteiger partial charge in [-0.15, -0.1) is 0 Å². The summed E-state index contributed by atoms with van der Waals surface area (Å²) in [4.78, 5) is 2.35. The third kappa shape index (κ3) is 4.04. The molecule has 126 valence electrons. The zero-order valence-corrected chi connectivity index (χ0v) is 14.8. The van der Waals surface area contributed by atoms with Gasteiger partial charge in [-0.25, -0.2) is 0 Å².